The van der Waals surface area contributed by atoms with Crippen molar-refractivity contribution < 1.29 is 30.0 Å². The van der Waals surface area contributed by atoms with Crippen LogP contribution in [0.4, 0.5) is 4.79 Å². The molecule has 24 heavy (non-hydrogen) atoms. The molecule has 0 fully saturated rings. The van der Waals surface area contributed by atoms with Crippen molar-refractivity contribution in [1.82, 2.24) is 0 Å². The van der Waals surface area contributed by atoms with Gasteiger partial charge >= 0.3 is 26.4 Å². The van der Waals surface area contributed by atoms with Gasteiger partial charge in [-0.3, -0.25) is 0 Å². The maximum Gasteiger partial charge on any atom is 0.540 e. The molecule has 0 saturated carbocycles. The predicted molar refractivity (Wildman–Crippen MR) is 85.7 cm³/mol. The van der Waals surface area contributed by atoms with Crippen LogP contribution in [-0.4, -0.2) is 23.0 Å². The summed E-state index contributed by atoms with van der Waals surface area (Å²) in [5, 5.41) is 0. The minimum absolute atomic E-state index is 0.387. The van der Waals surface area contributed by atoms with E-state index in [2.05, 4.69) is 8.37 Å². The Morgan fingerprint density at radius 3 is 1.33 bits per heavy atom. The number of rotatable bonds is 6. The summed E-state index contributed by atoms with van der Waals surface area (Å²) in [4.78, 5) is 11.5. The van der Waals surface area contributed by atoms with Crippen LogP contribution in [0.25, 0.3) is 0 Å². The molecule has 0 spiro atoms. The molecule has 0 aromatic heterocycles. The van der Waals surface area contributed by atoms with E-state index in [-0.39, 0.29) is 0 Å². The summed E-state index contributed by atoms with van der Waals surface area (Å²) in [6.07, 6.45) is -1.80. The lowest BCUT2D eigenvalue weighted by Crippen LogP contribution is -2.20. The van der Waals surface area contributed by atoms with E-state index in [0.29, 0.717) is 11.1 Å². The van der Waals surface area contributed by atoms with Crippen LogP contribution in [0.15, 0.2) is 60.7 Å². The second-order valence-corrected chi connectivity index (χ2v) is 7.93. The fourth-order valence-electron chi connectivity index (χ4n) is 1.84. The molecule has 0 aliphatic rings. The smallest absolute Gasteiger partial charge is 0.311 e. The highest BCUT2D eigenvalue weighted by atomic mass is 32.2. The van der Waals surface area contributed by atoms with Gasteiger partial charge in [-0.05, 0) is 11.1 Å². The zero-order chi connectivity index (χ0) is 17.6. The van der Waals surface area contributed by atoms with E-state index in [0.717, 1.165) is 0 Å². The van der Waals surface area contributed by atoms with Gasteiger partial charge in [0.15, 0.2) is 0 Å². The fourth-order valence-corrected chi connectivity index (χ4v) is 3.68. The molecule has 0 N–H and O–H groups in total. The topological polar surface area (TPSA) is 104 Å². The first-order valence-electron chi connectivity index (χ1n) is 6.72. The van der Waals surface area contributed by atoms with Gasteiger partial charge in [0.25, 0.3) is 0 Å². The molecule has 2 rings (SSSR count). The average Bonchev–Trinajstić information content (AvgIpc) is 2.46. The third-order valence-electron chi connectivity index (χ3n) is 2.76. The van der Waals surface area contributed by atoms with Gasteiger partial charge < -0.3 is 8.37 Å². The third-order valence-corrected chi connectivity index (χ3v) is 4.92. The first kappa shape index (κ1) is 18.0. The van der Waals surface area contributed by atoms with E-state index >= 15 is 0 Å². The Labute approximate surface area is 140 Å². The SMILES string of the molecule is O=C(OS(=O)(=O)Cc1ccccc1)OS(=O)(=O)Cc1ccccc1. The van der Waals surface area contributed by atoms with Gasteiger partial charge in [-0.15, -0.1) is 0 Å². The summed E-state index contributed by atoms with van der Waals surface area (Å²) >= 11 is 0. The van der Waals surface area contributed by atoms with Crippen LogP contribution in [0.2, 0.25) is 0 Å². The van der Waals surface area contributed by atoms with Gasteiger partial charge in [-0.25, -0.2) is 4.79 Å². The molecule has 0 aliphatic heterocycles. The normalized spacial score (nSPS) is 11.7. The lowest BCUT2D eigenvalue weighted by Gasteiger charge is -2.07. The highest BCUT2D eigenvalue weighted by Gasteiger charge is 2.25. The van der Waals surface area contributed by atoms with Crippen LogP contribution in [0.1, 0.15) is 11.1 Å². The van der Waals surface area contributed by atoms with Crippen molar-refractivity contribution in [2.75, 3.05) is 0 Å². The summed E-state index contributed by atoms with van der Waals surface area (Å²) in [6.45, 7) is 0. The summed E-state index contributed by atoms with van der Waals surface area (Å²) in [6, 6.07) is 16.0. The van der Waals surface area contributed by atoms with E-state index in [1.165, 1.54) is 24.3 Å². The molecular formula is C15H14O7S2. The molecule has 128 valence electrons. The lowest BCUT2D eigenvalue weighted by molar-refractivity contribution is 0.156. The third kappa shape index (κ3) is 6.01. The quantitative estimate of drug-likeness (QED) is 0.718. The molecule has 0 atom stereocenters. The molecular weight excluding hydrogens is 356 g/mol. The maximum absolute atomic E-state index is 11.7. The van der Waals surface area contributed by atoms with Gasteiger partial charge in [0, 0.05) is 0 Å². The Morgan fingerprint density at radius 2 is 1.00 bits per heavy atom. The Balaban J connectivity index is 1.96. The van der Waals surface area contributed by atoms with E-state index in [1.54, 1.807) is 36.4 Å². The second kappa shape index (κ2) is 7.45. The van der Waals surface area contributed by atoms with Crippen LogP contribution in [0, 0.1) is 0 Å². The zero-order valence-corrected chi connectivity index (χ0v) is 14.0. The standard InChI is InChI=1S/C15H14O7S2/c16-15(21-23(17,18)11-13-7-3-1-4-8-13)22-24(19,20)12-14-9-5-2-6-10-14/h1-10H,11-12H2. The molecule has 2 aromatic carbocycles. The van der Waals surface area contributed by atoms with Gasteiger partial charge in [-0.1, -0.05) is 60.7 Å². The van der Waals surface area contributed by atoms with Crippen molar-refractivity contribution in [2.24, 2.45) is 0 Å². The Morgan fingerprint density at radius 1 is 0.667 bits per heavy atom. The molecule has 0 heterocycles. The van der Waals surface area contributed by atoms with Crippen molar-refractivity contribution in [3.8, 4) is 0 Å². The zero-order valence-electron chi connectivity index (χ0n) is 12.4. The van der Waals surface area contributed by atoms with Crippen LogP contribution in [-0.2, 0) is 40.1 Å². The molecule has 0 saturated heterocycles. The number of benzene rings is 2. The van der Waals surface area contributed by atoms with E-state index < -0.39 is 37.9 Å². The number of hydrogen-bond acceptors (Lipinski definition) is 7. The van der Waals surface area contributed by atoms with Crippen LogP contribution < -0.4 is 0 Å². The van der Waals surface area contributed by atoms with Crippen molar-refractivity contribution in [2.45, 2.75) is 11.5 Å². The number of hydrogen-bond donors (Lipinski definition) is 0. The maximum atomic E-state index is 11.7. The fraction of sp³-hybridized carbons (Fsp3) is 0.133. The first-order valence-corrected chi connectivity index (χ1v) is 9.87. The summed E-state index contributed by atoms with van der Waals surface area (Å²) in [7, 11) is -8.64. The summed E-state index contributed by atoms with van der Waals surface area (Å²) in [5.41, 5.74) is 0.773. The minimum atomic E-state index is -4.32. The van der Waals surface area contributed by atoms with E-state index in [9.17, 15) is 21.6 Å². The van der Waals surface area contributed by atoms with Gasteiger partial charge in [0.05, 0.1) is 0 Å². The molecule has 0 aliphatic carbocycles. The Kier molecular flexibility index (Phi) is 5.58. The largest absolute Gasteiger partial charge is 0.540 e. The van der Waals surface area contributed by atoms with Crippen molar-refractivity contribution in [3.05, 3.63) is 71.8 Å². The highest BCUT2D eigenvalue weighted by Crippen LogP contribution is 2.12. The number of carbonyl (C=O) groups is 1. The van der Waals surface area contributed by atoms with Crippen molar-refractivity contribution >= 4 is 26.4 Å². The molecule has 0 radical (unpaired) electrons. The molecule has 0 unspecified atom stereocenters. The molecule has 0 amide bonds. The average molecular weight is 370 g/mol. The minimum Gasteiger partial charge on any atom is -0.311 e. The van der Waals surface area contributed by atoms with Crippen LogP contribution >= 0.6 is 0 Å². The molecule has 9 heteroatoms. The predicted octanol–water partition coefficient (Wildman–Crippen LogP) is 2.20. The monoisotopic (exact) mass is 370 g/mol. The van der Waals surface area contributed by atoms with Crippen LogP contribution in [0.5, 0.6) is 0 Å². The van der Waals surface area contributed by atoms with Crippen LogP contribution in [0.3, 0.4) is 0 Å². The Hall–Kier alpha value is -2.39. The van der Waals surface area contributed by atoms with E-state index in [4.69, 9.17) is 0 Å². The number of carbonyl (C=O) groups excluding carboxylic acids is 1. The lowest BCUT2D eigenvalue weighted by atomic mass is 10.2. The summed E-state index contributed by atoms with van der Waals surface area (Å²) < 4.78 is 55.2. The molecule has 2 aromatic rings. The van der Waals surface area contributed by atoms with Gasteiger partial charge in [-0.2, -0.15) is 16.8 Å². The second-order valence-electron chi connectivity index (χ2n) is 4.79. The van der Waals surface area contributed by atoms with Gasteiger partial charge in [0.1, 0.15) is 11.5 Å². The van der Waals surface area contributed by atoms with E-state index in [1.807, 2.05) is 0 Å². The summed E-state index contributed by atoms with van der Waals surface area (Å²) in [5.74, 6) is -1.16. The van der Waals surface area contributed by atoms with Crippen molar-refractivity contribution in [1.29, 1.82) is 0 Å². The van der Waals surface area contributed by atoms with Gasteiger partial charge in [0.2, 0.25) is 0 Å². The highest BCUT2D eigenvalue weighted by molar-refractivity contribution is 7.87. The Bertz CT molecular complexity index is 814. The molecule has 7 nitrogen and oxygen atoms in total. The first-order chi connectivity index (χ1) is 11.3. The van der Waals surface area contributed by atoms with Crippen molar-refractivity contribution in [3.63, 3.8) is 0 Å². The molecule has 0 bridgehead atoms.